The molecule has 1 aliphatic heterocycles. The van der Waals surface area contributed by atoms with Crippen LogP contribution in [-0.2, 0) is 6.54 Å². The van der Waals surface area contributed by atoms with Crippen LogP contribution < -0.4 is 10.2 Å². The summed E-state index contributed by atoms with van der Waals surface area (Å²) < 4.78 is 25.7. The van der Waals surface area contributed by atoms with Crippen molar-refractivity contribution in [1.29, 1.82) is 0 Å². The minimum absolute atomic E-state index is 0.270. The van der Waals surface area contributed by atoms with Gasteiger partial charge >= 0.3 is 0 Å². The van der Waals surface area contributed by atoms with Crippen LogP contribution in [0.15, 0.2) is 57.9 Å². The number of halogens is 2. The van der Waals surface area contributed by atoms with Crippen LogP contribution in [0.4, 0.5) is 4.39 Å². The highest BCUT2D eigenvalue weighted by molar-refractivity contribution is 9.10. The van der Waals surface area contributed by atoms with Crippen molar-refractivity contribution in [3.05, 3.63) is 76.2 Å². The lowest BCUT2D eigenvalue weighted by Gasteiger charge is -2.23. The van der Waals surface area contributed by atoms with Crippen molar-refractivity contribution in [2.75, 3.05) is 6.61 Å². The minimum Gasteiger partial charge on any atom is -0.477 e. The first-order valence-electron chi connectivity index (χ1n) is 9.70. The maximum absolute atomic E-state index is 14.2. The Kier molecular flexibility index (Phi) is 6.39. The van der Waals surface area contributed by atoms with E-state index in [1.165, 1.54) is 12.3 Å². The third kappa shape index (κ3) is 4.52. The van der Waals surface area contributed by atoms with Gasteiger partial charge in [-0.1, -0.05) is 36.7 Å². The van der Waals surface area contributed by atoms with Gasteiger partial charge in [-0.3, -0.25) is 0 Å². The normalized spacial score (nSPS) is 16.0. The Morgan fingerprint density at radius 1 is 1.30 bits per heavy atom. The molecule has 0 radical (unpaired) electrons. The zero-order valence-corrected chi connectivity index (χ0v) is 18.0. The van der Waals surface area contributed by atoms with Gasteiger partial charge in [-0.15, -0.1) is 0 Å². The Bertz CT molecular complexity index is 1030. The molecule has 156 valence electrons. The molecule has 7 nitrogen and oxygen atoms in total. The van der Waals surface area contributed by atoms with E-state index in [0.717, 1.165) is 18.5 Å². The number of hydrogen-bond acceptors (Lipinski definition) is 7. The summed E-state index contributed by atoms with van der Waals surface area (Å²) in [6.07, 6.45) is 7.10. The summed E-state index contributed by atoms with van der Waals surface area (Å²) in [7, 11) is 0. The Hall–Kier alpha value is -2.78. The van der Waals surface area contributed by atoms with Gasteiger partial charge in [0.2, 0.25) is 5.88 Å². The molecular weight excluding hydrogens is 453 g/mol. The van der Waals surface area contributed by atoms with Crippen LogP contribution in [0.5, 0.6) is 5.88 Å². The number of nitrogens with zero attached hydrogens (tertiary/aromatic N) is 4. The van der Waals surface area contributed by atoms with Gasteiger partial charge < -0.3 is 14.3 Å². The summed E-state index contributed by atoms with van der Waals surface area (Å²) in [5.41, 5.74) is 5.29. The predicted molar refractivity (Wildman–Crippen MR) is 112 cm³/mol. The van der Waals surface area contributed by atoms with Crippen molar-refractivity contribution in [2.24, 2.45) is 0 Å². The number of hydrazine groups is 1. The monoisotopic (exact) mass is 473 g/mol. The zero-order valence-electron chi connectivity index (χ0n) is 16.4. The van der Waals surface area contributed by atoms with Crippen LogP contribution in [0, 0.1) is 5.82 Å². The standard InChI is InChI=1S/C21H21BrFN5O2/c1-2-3-9-29-21-15(22)12-24-20(25-21)18-11-19(17-8-10-30-27-17)28(26-18)13-14-6-4-5-7-16(14)23/h4-8,10-12,18,26H,2-3,9,13H2,1H3. The molecule has 0 spiro atoms. The zero-order chi connectivity index (χ0) is 20.9. The first kappa shape index (κ1) is 20.5. The van der Waals surface area contributed by atoms with Gasteiger partial charge in [-0.25, -0.2) is 14.8 Å². The second-order valence-electron chi connectivity index (χ2n) is 6.80. The van der Waals surface area contributed by atoms with Gasteiger partial charge in [0.05, 0.1) is 23.3 Å². The van der Waals surface area contributed by atoms with Crippen LogP contribution in [0.25, 0.3) is 5.70 Å². The van der Waals surface area contributed by atoms with Crippen LogP contribution in [0.3, 0.4) is 0 Å². The fourth-order valence-electron chi connectivity index (χ4n) is 3.08. The number of ether oxygens (including phenoxy) is 1. The lowest BCUT2D eigenvalue weighted by molar-refractivity contribution is 0.268. The quantitative estimate of drug-likeness (QED) is 0.477. The average Bonchev–Trinajstić information content (AvgIpc) is 3.41. The van der Waals surface area contributed by atoms with E-state index in [9.17, 15) is 4.39 Å². The maximum Gasteiger partial charge on any atom is 0.231 e. The molecule has 1 unspecified atom stereocenters. The first-order chi connectivity index (χ1) is 14.7. The van der Waals surface area contributed by atoms with Gasteiger partial charge in [-0.05, 0) is 34.5 Å². The van der Waals surface area contributed by atoms with E-state index in [-0.39, 0.29) is 11.9 Å². The van der Waals surface area contributed by atoms with Crippen molar-refractivity contribution in [3.63, 3.8) is 0 Å². The van der Waals surface area contributed by atoms with Crippen molar-refractivity contribution >= 4 is 21.6 Å². The van der Waals surface area contributed by atoms with E-state index in [0.29, 0.717) is 40.6 Å². The molecule has 0 bridgehead atoms. The summed E-state index contributed by atoms with van der Waals surface area (Å²) >= 11 is 3.44. The topological polar surface area (TPSA) is 76.3 Å². The summed E-state index contributed by atoms with van der Waals surface area (Å²) in [6, 6.07) is 8.10. The number of unbranched alkanes of at least 4 members (excludes halogenated alkanes) is 1. The Morgan fingerprint density at radius 3 is 2.93 bits per heavy atom. The molecule has 1 atom stereocenters. The number of nitrogens with one attached hydrogen (secondary N) is 1. The van der Waals surface area contributed by atoms with E-state index in [4.69, 9.17) is 9.26 Å². The van der Waals surface area contributed by atoms with E-state index in [1.54, 1.807) is 24.4 Å². The van der Waals surface area contributed by atoms with E-state index in [2.05, 4.69) is 43.4 Å². The first-order valence-corrected chi connectivity index (χ1v) is 10.5. The van der Waals surface area contributed by atoms with Crippen molar-refractivity contribution in [3.8, 4) is 5.88 Å². The summed E-state index contributed by atoms with van der Waals surface area (Å²) in [6.45, 7) is 2.99. The predicted octanol–water partition coefficient (Wildman–Crippen LogP) is 4.65. The lowest BCUT2D eigenvalue weighted by atomic mass is 10.2. The molecule has 0 saturated heterocycles. The van der Waals surface area contributed by atoms with Crippen molar-refractivity contribution in [2.45, 2.75) is 32.4 Å². The smallest absolute Gasteiger partial charge is 0.231 e. The Labute approximate surface area is 182 Å². The lowest BCUT2D eigenvalue weighted by Crippen LogP contribution is -2.33. The molecule has 0 fully saturated rings. The largest absolute Gasteiger partial charge is 0.477 e. The summed E-state index contributed by atoms with van der Waals surface area (Å²) in [4.78, 5) is 9.00. The molecule has 2 aromatic heterocycles. The van der Waals surface area contributed by atoms with E-state index in [1.807, 2.05) is 17.2 Å². The molecule has 4 rings (SSSR count). The molecule has 0 saturated carbocycles. The van der Waals surface area contributed by atoms with Crippen molar-refractivity contribution in [1.82, 2.24) is 25.6 Å². The molecule has 30 heavy (non-hydrogen) atoms. The molecule has 9 heteroatoms. The Balaban J connectivity index is 1.60. The van der Waals surface area contributed by atoms with Crippen LogP contribution in [0.2, 0.25) is 0 Å². The van der Waals surface area contributed by atoms with Gasteiger partial charge in [0.1, 0.15) is 23.8 Å². The number of aromatic nitrogens is 3. The highest BCUT2D eigenvalue weighted by atomic mass is 79.9. The van der Waals surface area contributed by atoms with Gasteiger partial charge in [-0.2, -0.15) is 4.98 Å². The fourth-order valence-corrected chi connectivity index (χ4v) is 3.38. The van der Waals surface area contributed by atoms with Crippen molar-refractivity contribution < 1.29 is 13.7 Å². The SMILES string of the molecule is CCCCOc1nc(C2C=C(c3ccon3)N(Cc3ccccc3F)N2)ncc1Br. The minimum atomic E-state index is -0.329. The molecule has 1 N–H and O–H groups in total. The molecular formula is C21H21BrFN5O2. The molecule has 3 aromatic rings. The van der Waals surface area contributed by atoms with Crippen LogP contribution >= 0.6 is 15.9 Å². The van der Waals surface area contributed by atoms with Gasteiger partial charge in [0.15, 0.2) is 5.82 Å². The number of hydrogen-bond donors (Lipinski definition) is 1. The third-order valence-corrected chi connectivity index (χ3v) is 5.19. The molecule has 0 amide bonds. The molecule has 0 aliphatic carbocycles. The average molecular weight is 474 g/mol. The Morgan fingerprint density at radius 2 is 2.17 bits per heavy atom. The second kappa shape index (κ2) is 9.36. The molecule has 1 aromatic carbocycles. The van der Waals surface area contributed by atoms with Crippen LogP contribution in [0.1, 0.15) is 42.9 Å². The van der Waals surface area contributed by atoms with Gasteiger partial charge in [0.25, 0.3) is 0 Å². The number of rotatable bonds is 8. The number of benzene rings is 1. The maximum atomic E-state index is 14.2. The summed E-state index contributed by atoms with van der Waals surface area (Å²) in [5, 5.41) is 5.85. The second-order valence-corrected chi connectivity index (χ2v) is 7.66. The third-order valence-electron chi connectivity index (χ3n) is 4.64. The van der Waals surface area contributed by atoms with E-state index >= 15 is 0 Å². The molecule has 3 heterocycles. The fraction of sp³-hybridized carbons (Fsp3) is 0.286. The van der Waals surface area contributed by atoms with Gasteiger partial charge in [0, 0.05) is 17.8 Å². The molecule has 1 aliphatic rings. The highest BCUT2D eigenvalue weighted by Gasteiger charge is 2.29. The summed E-state index contributed by atoms with van der Waals surface area (Å²) in [5.74, 6) is 0.773. The van der Waals surface area contributed by atoms with Crippen LogP contribution in [-0.4, -0.2) is 26.7 Å². The van der Waals surface area contributed by atoms with E-state index < -0.39 is 0 Å². The highest BCUT2D eigenvalue weighted by Crippen LogP contribution is 2.32.